The van der Waals surface area contributed by atoms with Gasteiger partial charge in [0.25, 0.3) is 0 Å². The highest BCUT2D eigenvalue weighted by molar-refractivity contribution is 6.03. The zero-order valence-electron chi connectivity index (χ0n) is 8.69. The standard InChI is InChI=1S/C9H14N2O5/c12-7-4-10-3-6(7)9(15)11-5-16-2-1-8(13)14/h6,10H,1-5H2,(H,11,15)(H,13,14). The van der Waals surface area contributed by atoms with Crippen molar-refractivity contribution in [2.75, 3.05) is 26.4 Å². The fourth-order valence-corrected chi connectivity index (χ4v) is 1.29. The Kier molecular flexibility index (Phi) is 4.87. The Morgan fingerprint density at radius 2 is 2.31 bits per heavy atom. The summed E-state index contributed by atoms with van der Waals surface area (Å²) < 4.78 is 4.87. The monoisotopic (exact) mass is 230 g/mol. The maximum absolute atomic E-state index is 11.4. The second-order valence-electron chi connectivity index (χ2n) is 3.39. The Labute approximate surface area is 92.1 Å². The Hall–Kier alpha value is -1.47. The number of hydrogen-bond acceptors (Lipinski definition) is 5. The number of carbonyl (C=O) groups is 3. The van der Waals surface area contributed by atoms with Crippen LogP contribution >= 0.6 is 0 Å². The van der Waals surface area contributed by atoms with Crippen LogP contribution in [-0.2, 0) is 19.1 Å². The van der Waals surface area contributed by atoms with Crippen molar-refractivity contribution in [3.63, 3.8) is 0 Å². The molecule has 1 amide bonds. The van der Waals surface area contributed by atoms with Gasteiger partial charge in [0.1, 0.15) is 12.6 Å². The first kappa shape index (κ1) is 12.6. The lowest BCUT2D eigenvalue weighted by Crippen LogP contribution is -2.36. The summed E-state index contributed by atoms with van der Waals surface area (Å²) in [5, 5.41) is 13.5. The summed E-state index contributed by atoms with van der Waals surface area (Å²) in [6, 6.07) is 0. The molecule has 1 saturated heterocycles. The number of rotatable bonds is 6. The molecule has 0 aromatic rings. The highest BCUT2D eigenvalue weighted by Crippen LogP contribution is 2.02. The lowest BCUT2D eigenvalue weighted by molar-refractivity contribution is -0.138. The van der Waals surface area contributed by atoms with Crippen LogP contribution in [0.3, 0.4) is 0 Å². The molecule has 1 rings (SSSR count). The van der Waals surface area contributed by atoms with Crippen LogP contribution in [0.4, 0.5) is 0 Å². The number of carboxylic acids is 1. The van der Waals surface area contributed by atoms with E-state index in [1.807, 2.05) is 0 Å². The van der Waals surface area contributed by atoms with E-state index in [2.05, 4.69) is 10.6 Å². The number of amides is 1. The minimum absolute atomic E-state index is 0.0342. The van der Waals surface area contributed by atoms with Crippen LogP contribution in [0.25, 0.3) is 0 Å². The van der Waals surface area contributed by atoms with Crippen LogP contribution < -0.4 is 10.6 Å². The number of ether oxygens (including phenoxy) is 1. The average Bonchev–Trinajstić information content (AvgIpc) is 2.63. The van der Waals surface area contributed by atoms with E-state index >= 15 is 0 Å². The van der Waals surface area contributed by atoms with Crippen molar-refractivity contribution >= 4 is 17.7 Å². The van der Waals surface area contributed by atoms with Crippen molar-refractivity contribution in [2.24, 2.45) is 5.92 Å². The van der Waals surface area contributed by atoms with Crippen molar-refractivity contribution in [1.29, 1.82) is 0 Å². The quantitative estimate of drug-likeness (QED) is 0.286. The van der Waals surface area contributed by atoms with Gasteiger partial charge in [0, 0.05) is 6.54 Å². The molecular weight excluding hydrogens is 216 g/mol. The van der Waals surface area contributed by atoms with E-state index in [1.165, 1.54) is 0 Å². The number of ketones is 1. The minimum Gasteiger partial charge on any atom is -0.481 e. The summed E-state index contributed by atoms with van der Waals surface area (Å²) in [4.78, 5) is 32.7. The first-order valence-electron chi connectivity index (χ1n) is 4.92. The molecule has 0 aromatic carbocycles. The third-order valence-electron chi connectivity index (χ3n) is 2.16. The summed E-state index contributed by atoms with van der Waals surface area (Å²) in [6.07, 6.45) is -0.111. The number of hydrogen-bond donors (Lipinski definition) is 3. The van der Waals surface area contributed by atoms with E-state index in [4.69, 9.17) is 9.84 Å². The molecule has 1 aliphatic rings. The molecule has 1 fully saturated rings. The van der Waals surface area contributed by atoms with Gasteiger partial charge in [-0.2, -0.15) is 0 Å². The van der Waals surface area contributed by atoms with E-state index in [-0.39, 0.29) is 38.0 Å². The average molecular weight is 230 g/mol. The molecule has 1 unspecified atom stereocenters. The highest BCUT2D eigenvalue weighted by Gasteiger charge is 2.30. The molecule has 0 radical (unpaired) electrons. The highest BCUT2D eigenvalue weighted by atomic mass is 16.5. The van der Waals surface area contributed by atoms with E-state index in [1.54, 1.807) is 0 Å². The fourth-order valence-electron chi connectivity index (χ4n) is 1.29. The SMILES string of the molecule is O=C(O)CCOCNC(=O)C1CNCC1=O. The van der Waals surface area contributed by atoms with E-state index in [0.29, 0.717) is 6.54 Å². The Balaban J connectivity index is 2.11. The third kappa shape index (κ3) is 3.95. The molecule has 0 aliphatic carbocycles. The number of carboxylic acid groups (broad SMARTS) is 1. The molecular formula is C9H14N2O5. The number of Topliss-reactive ketones (excluding diaryl/α,β-unsaturated/α-hetero) is 1. The maximum Gasteiger partial charge on any atom is 0.305 e. The second-order valence-corrected chi connectivity index (χ2v) is 3.39. The predicted molar refractivity (Wildman–Crippen MR) is 52.6 cm³/mol. The van der Waals surface area contributed by atoms with Gasteiger partial charge in [-0.15, -0.1) is 0 Å². The third-order valence-corrected chi connectivity index (χ3v) is 2.16. The number of carbonyl (C=O) groups excluding carboxylic acids is 2. The molecule has 0 spiro atoms. The number of nitrogens with one attached hydrogen (secondary N) is 2. The second kappa shape index (κ2) is 6.19. The zero-order chi connectivity index (χ0) is 12.0. The molecule has 90 valence electrons. The van der Waals surface area contributed by atoms with E-state index in [0.717, 1.165) is 0 Å². The first-order valence-corrected chi connectivity index (χ1v) is 4.92. The molecule has 7 nitrogen and oxygen atoms in total. The fraction of sp³-hybridized carbons (Fsp3) is 0.667. The molecule has 0 saturated carbocycles. The normalized spacial score (nSPS) is 19.8. The van der Waals surface area contributed by atoms with Crippen LogP contribution in [-0.4, -0.2) is 49.2 Å². The molecule has 3 N–H and O–H groups in total. The van der Waals surface area contributed by atoms with Gasteiger partial charge in [0.15, 0.2) is 5.78 Å². The van der Waals surface area contributed by atoms with Gasteiger partial charge in [-0.25, -0.2) is 0 Å². The molecule has 7 heteroatoms. The van der Waals surface area contributed by atoms with Crippen molar-refractivity contribution in [1.82, 2.24) is 10.6 Å². The molecule has 16 heavy (non-hydrogen) atoms. The molecule has 1 aliphatic heterocycles. The van der Waals surface area contributed by atoms with Gasteiger partial charge in [0.2, 0.25) is 5.91 Å². The maximum atomic E-state index is 11.4. The van der Waals surface area contributed by atoms with E-state index in [9.17, 15) is 14.4 Å². The topological polar surface area (TPSA) is 105 Å². The predicted octanol–water partition coefficient (Wildman–Crippen LogP) is -1.66. The van der Waals surface area contributed by atoms with Gasteiger partial charge in [0.05, 0.1) is 19.6 Å². The van der Waals surface area contributed by atoms with Crippen LogP contribution in [0.1, 0.15) is 6.42 Å². The van der Waals surface area contributed by atoms with Crippen LogP contribution in [0.15, 0.2) is 0 Å². The lowest BCUT2D eigenvalue weighted by atomic mass is 10.1. The summed E-state index contributed by atoms with van der Waals surface area (Å²) in [5.41, 5.74) is 0. The molecule has 0 aromatic heterocycles. The van der Waals surface area contributed by atoms with Gasteiger partial charge < -0.3 is 20.5 Å². The van der Waals surface area contributed by atoms with E-state index < -0.39 is 11.9 Å². The minimum atomic E-state index is -0.957. The van der Waals surface area contributed by atoms with Crippen LogP contribution in [0, 0.1) is 5.92 Å². The molecule has 0 bridgehead atoms. The van der Waals surface area contributed by atoms with Gasteiger partial charge in [-0.1, -0.05) is 0 Å². The first-order chi connectivity index (χ1) is 7.61. The van der Waals surface area contributed by atoms with Crippen LogP contribution in [0.5, 0.6) is 0 Å². The largest absolute Gasteiger partial charge is 0.481 e. The number of aliphatic carboxylic acids is 1. The summed E-state index contributed by atoms with van der Waals surface area (Å²) in [6.45, 7) is 0.528. The van der Waals surface area contributed by atoms with Crippen molar-refractivity contribution in [3.05, 3.63) is 0 Å². The summed E-state index contributed by atoms with van der Waals surface area (Å²) in [5.74, 6) is -2.13. The van der Waals surface area contributed by atoms with Crippen molar-refractivity contribution < 1.29 is 24.2 Å². The Bertz CT molecular complexity index is 292. The van der Waals surface area contributed by atoms with Gasteiger partial charge in [-0.05, 0) is 0 Å². The van der Waals surface area contributed by atoms with Crippen molar-refractivity contribution in [3.8, 4) is 0 Å². The van der Waals surface area contributed by atoms with Crippen LogP contribution in [0.2, 0.25) is 0 Å². The summed E-state index contributed by atoms with van der Waals surface area (Å²) in [7, 11) is 0. The molecule has 1 atom stereocenters. The smallest absolute Gasteiger partial charge is 0.305 e. The molecule has 1 heterocycles. The van der Waals surface area contributed by atoms with Crippen molar-refractivity contribution in [2.45, 2.75) is 6.42 Å². The lowest BCUT2D eigenvalue weighted by Gasteiger charge is -2.08. The van der Waals surface area contributed by atoms with Gasteiger partial charge >= 0.3 is 5.97 Å². The van der Waals surface area contributed by atoms with Gasteiger partial charge in [-0.3, -0.25) is 14.4 Å². The Morgan fingerprint density at radius 1 is 1.56 bits per heavy atom. The summed E-state index contributed by atoms with van der Waals surface area (Å²) >= 11 is 0. The Morgan fingerprint density at radius 3 is 2.88 bits per heavy atom. The zero-order valence-corrected chi connectivity index (χ0v) is 8.69.